The van der Waals surface area contributed by atoms with E-state index in [0.717, 1.165) is 109 Å². The molecule has 0 spiro atoms. The second-order valence-electron chi connectivity index (χ2n) is 17.8. The van der Waals surface area contributed by atoms with Gasteiger partial charge in [0.2, 0.25) is 0 Å². The summed E-state index contributed by atoms with van der Waals surface area (Å²) in [6.45, 7) is 4.15. The van der Waals surface area contributed by atoms with Crippen molar-refractivity contribution in [1.82, 2.24) is 0 Å². The molecule has 0 aliphatic heterocycles. The molecule has 0 aliphatic rings. The highest BCUT2D eigenvalue weighted by molar-refractivity contribution is 7.47. The van der Waals surface area contributed by atoms with Crippen molar-refractivity contribution in [2.75, 3.05) is 47.5 Å². The number of carbonyl (C=O) groups is 2. The topological polar surface area (TPSA) is 108 Å². The smallest absolute Gasteiger partial charge is 0.462 e. The zero-order chi connectivity index (χ0) is 48.5. The molecule has 0 aromatic carbocycles. The summed E-state index contributed by atoms with van der Waals surface area (Å²) in [5.41, 5.74) is 0. The maximum atomic E-state index is 12.8. The normalized spacial score (nSPS) is 14.3. The lowest BCUT2D eigenvalue weighted by atomic mass is 10.1. The van der Waals surface area contributed by atoms with E-state index < -0.39 is 32.5 Å². The average Bonchev–Trinajstić information content (AvgIpc) is 3.27. The van der Waals surface area contributed by atoms with Gasteiger partial charge in [0.1, 0.15) is 19.8 Å². The number of hydrogen-bond donors (Lipinski definition) is 1. The van der Waals surface area contributed by atoms with Gasteiger partial charge in [-0.05, 0) is 96.3 Å². The van der Waals surface area contributed by atoms with Crippen LogP contribution in [0.3, 0.4) is 0 Å². The van der Waals surface area contributed by atoms with Crippen molar-refractivity contribution in [2.45, 2.75) is 187 Å². The van der Waals surface area contributed by atoms with E-state index in [1.54, 1.807) is 0 Å². The van der Waals surface area contributed by atoms with Gasteiger partial charge in [0, 0.05) is 12.8 Å². The maximum absolute atomic E-state index is 12.8. The van der Waals surface area contributed by atoms with E-state index in [-0.39, 0.29) is 26.1 Å². The van der Waals surface area contributed by atoms with Crippen molar-refractivity contribution in [1.29, 1.82) is 0 Å². The Morgan fingerprint density at radius 1 is 0.470 bits per heavy atom. The molecule has 0 saturated carbocycles. The van der Waals surface area contributed by atoms with Crippen LogP contribution >= 0.6 is 7.82 Å². The lowest BCUT2D eigenvalue weighted by Gasteiger charge is -2.24. The Morgan fingerprint density at radius 2 is 0.818 bits per heavy atom. The molecule has 1 N–H and O–H groups in total. The van der Waals surface area contributed by atoms with Gasteiger partial charge in [0.05, 0.1) is 27.7 Å². The lowest BCUT2D eigenvalue weighted by Crippen LogP contribution is -2.37. The zero-order valence-corrected chi connectivity index (χ0v) is 43.3. The third-order valence-corrected chi connectivity index (χ3v) is 11.3. The van der Waals surface area contributed by atoms with Crippen molar-refractivity contribution in [3.05, 3.63) is 109 Å². The number of unbranched alkanes of at least 4 members (excludes halogenated alkanes) is 13. The van der Waals surface area contributed by atoms with Gasteiger partial charge in [-0.3, -0.25) is 18.6 Å². The van der Waals surface area contributed by atoms with Gasteiger partial charge in [0.15, 0.2) is 6.10 Å². The Morgan fingerprint density at radius 3 is 1.21 bits per heavy atom. The van der Waals surface area contributed by atoms with E-state index in [1.165, 1.54) is 32.1 Å². The molecule has 0 rings (SSSR count). The van der Waals surface area contributed by atoms with Gasteiger partial charge < -0.3 is 18.9 Å². The van der Waals surface area contributed by atoms with Crippen molar-refractivity contribution < 1.29 is 42.1 Å². The van der Waals surface area contributed by atoms with Crippen LogP contribution in [0.2, 0.25) is 0 Å². The van der Waals surface area contributed by atoms with E-state index >= 15 is 0 Å². The summed E-state index contributed by atoms with van der Waals surface area (Å²) in [5.74, 6) is -0.842. The lowest BCUT2D eigenvalue weighted by molar-refractivity contribution is -0.870. The number of hydrogen-bond acceptors (Lipinski definition) is 7. The van der Waals surface area contributed by atoms with E-state index in [0.29, 0.717) is 23.9 Å². The van der Waals surface area contributed by atoms with Crippen LogP contribution in [0.15, 0.2) is 109 Å². The fraction of sp³-hybridized carbons (Fsp3) is 0.643. The molecule has 0 amide bonds. The van der Waals surface area contributed by atoms with Crippen molar-refractivity contribution in [2.24, 2.45) is 0 Å². The highest BCUT2D eigenvalue weighted by atomic mass is 31.2. The molecular weight excluding hydrogens is 846 g/mol. The monoisotopic (exact) mass is 941 g/mol. The quantitative estimate of drug-likeness (QED) is 0.0211. The summed E-state index contributed by atoms with van der Waals surface area (Å²) < 4.78 is 34.4. The fourth-order valence-corrected chi connectivity index (χ4v) is 7.13. The number of phosphoric ester groups is 1. The molecule has 0 aromatic rings. The minimum absolute atomic E-state index is 0.0198. The minimum Gasteiger partial charge on any atom is -0.462 e. The Bertz CT molecular complexity index is 1480. The number of ether oxygens (including phenoxy) is 2. The molecule has 10 heteroatoms. The molecule has 2 atom stereocenters. The van der Waals surface area contributed by atoms with Crippen LogP contribution in [0.25, 0.3) is 0 Å². The Hall–Kier alpha value is -3.33. The molecular formula is C56H95NO8P+. The molecule has 2 unspecified atom stereocenters. The number of carbonyl (C=O) groups excluding carboxylic acids is 2. The van der Waals surface area contributed by atoms with Gasteiger partial charge in [-0.25, -0.2) is 4.57 Å². The second-order valence-corrected chi connectivity index (χ2v) is 19.2. The summed E-state index contributed by atoms with van der Waals surface area (Å²) in [6, 6.07) is 0. The molecule has 0 bridgehead atoms. The number of esters is 2. The molecule has 0 fully saturated rings. The first-order valence-corrected chi connectivity index (χ1v) is 27.1. The fourth-order valence-electron chi connectivity index (χ4n) is 6.38. The second kappa shape index (κ2) is 46.8. The summed E-state index contributed by atoms with van der Waals surface area (Å²) in [5, 5.41) is 0. The first-order chi connectivity index (χ1) is 32.0. The molecule has 9 nitrogen and oxygen atoms in total. The first-order valence-electron chi connectivity index (χ1n) is 25.6. The first kappa shape index (κ1) is 62.7. The average molecular weight is 941 g/mol. The summed E-state index contributed by atoms with van der Waals surface area (Å²) in [7, 11) is 1.44. The maximum Gasteiger partial charge on any atom is 0.472 e. The van der Waals surface area contributed by atoms with Crippen molar-refractivity contribution >= 4 is 19.8 Å². The van der Waals surface area contributed by atoms with Gasteiger partial charge in [-0.1, -0.05) is 181 Å². The van der Waals surface area contributed by atoms with Gasteiger partial charge in [-0.15, -0.1) is 0 Å². The number of allylic oxidation sites excluding steroid dienone is 18. The molecule has 0 aromatic heterocycles. The van der Waals surface area contributed by atoms with E-state index in [1.807, 2.05) is 21.1 Å². The van der Waals surface area contributed by atoms with Crippen molar-refractivity contribution in [3.63, 3.8) is 0 Å². The third-order valence-electron chi connectivity index (χ3n) is 10.3. The summed E-state index contributed by atoms with van der Waals surface area (Å²) >= 11 is 0. The molecule has 0 heterocycles. The Kier molecular flexibility index (Phi) is 44.4. The van der Waals surface area contributed by atoms with Crippen LogP contribution in [0, 0.1) is 0 Å². The number of rotatable bonds is 45. The third kappa shape index (κ3) is 50.1. The number of nitrogens with zero attached hydrogens (tertiary/aromatic N) is 1. The highest BCUT2D eigenvalue weighted by Crippen LogP contribution is 2.43. The number of quaternary nitrogens is 1. The number of likely N-dealkylation sites (N-methyl/N-ethyl adjacent to an activating group) is 1. The van der Waals surface area contributed by atoms with Crippen LogP contribution in [0.5, 0.6) is 0 Å². The van der Waals surface area contributed by atoms with Crippen LogP contribution in [0.4, 0.5) is 0 Å². The van der Waals surface area contributed by atoms with Crippen LogP contribution in [-0.4, -0.2) is 74.9 Å². The molecule has 66 heavy (non-hydrogen) atoms. The van der Waals surface area contributed by atoms with E-state index in [4.69, 9.17) is 18.5 Å². The Balaban J connectivity index is 4.31. The number of phosphoric acid groups is 1. The molecule has 376 valence electrons. The molecule has 0 aliphatic carbocycles. The largest absolute Gasteiger partial charge is 0.472 e. The molecule has 0 radical (unpaired) electrons. The van der Waals surface area contributed by atoms with Gasteiger partial charge in [0.25, 0.3) is 0 Å². The van der Waals surface area contributed by atoms with Crippen LogP contribution in [-0.2, 0) is 32.7 Å². The summed E-state index contributed by atoms with van der Waals surface area (Å²) in [6.07, 6.45) is 64.2. The standard InChI is InChI=1S/C56H94NO8P/c1-6-8-10-12-14-16-18-20-22-24-25-26-27-28-29-30-31-33-35-37-39-41-43-45-47-49-56(59)65-54(53-64-66(60,61)63-51-50-57(3,4)5)52-62-55(58)48-46-44-42-40-38-36-34-32-23-21-19-17-15-13-11-9-7-2/h8-11,14-17,20-23,25-26,28-29,34,36,54H,6-7,12-13,18-19,24,27,30-33,35,37-53H2,1-5H3/p+1/b10-8-,11-9-,16-14-,17-15-,22-20-,23-21-,26-25-,29-28-,36-34-. The van der Waals surface area contributed by atoms with Crippen LogP contribution in [0.1, 0.15) is 181 Å². The van der Waals surface area contributed by atoms with E-state index in [9.17, 15) is 19.0 Å². The van der Waals surface area contributed by atoms with Gasteiger partial charge >= 0.3 is 19.8 Å². The predicted octanol–water partition coefficient (Wildman–Crippen LogP) is 15.5. The Labute approximate surface area is 404 Å². The van der Waals surface area contributed by atoms with Crippen LogP contribution < -0.4 is 0 Å². The van der Waals surface area contributed by atoms with E-state index in [2.05, 4.69) is 123 Å². The van der Waals surface area contributed by atoms with Crippen molar-refractivity contribution in [3.8, 4) is 0 Å². The molecule has 0 saturated heterocycles. The zero-order valence-electron chi connectivity index (χ0n) is 42.4. The SMILES string of the molecule is CC/C=C\C/C=C\C/C=C\C/C=C\C/C=C\CCCCCCCCCCCC(=O)OC(COC(=O)CCCCCC/C=C\C/C=C\C/C=C\C/C=C\CC)COP(=O)(O)OCC[N+](C)(C)C. The summed E-state index contributed by atoms with van der Waals surface area (Å²) in [4.78, 5) is 35.6. The van der Waals surface area contributed by atoms with Gasteiger partial charge in [-0.2, -0.15) is 0 Å². The minimum atomic E-state index is -4.40. The predicted molar refractivity (Wildman–Crippen MR) is 279 cm³/mol. The highest BCUT2D eigenvalue weighted by Gasteiger charge is 2.27.